The van der Waals surface area contributed by atoms with E-state index < -0.39 is 5.97 Å². The number of hydrogen-bond donors (Lipinski definition) is 1. The highest BCUT2D eigenvalue weighted by molar-refractivity contribution is 9.10. The van der Waals surface area contributed by atoms with Gasteiger partial charge in [0.2, 0.25) is 0 Å². The van der Waals surface area contributed by atoms with Crippen LogP contribution >= 0.6 is 15.9 Å². The Hall–Kier alpha value is -1.29. The number of hydrogen-bond acceptors (Lipinski definition) is 2. The van der Waals surface area contributed by atoms with Crippen molar-refractivity contribution < 1.29 is 14.6 Å². The van der Waals surface area contributed by atoms with Gasteiger partial charge >= 0.3 is 5.97 Å². The molecule has 2 rings (SSSR count). The molecule has 0 fully saturated rings. The molecule has 0 aromatic heterocycles. The zero-order valence-electron chi connectivity index (χ0n) is 8.95. The minimum atomic E-state index is -0.921. The molecule has 0 bridgehead atoms. The highest BCUT2D eigenvalue weighted by Crippen LogP contribution is 2.42. The molecule has 0 radical (unpaired) electrons. The maximum atomic E-state index is 11.1. The number of rotatable bonds is 1. The van der Waals surface area contributed by atoms with Gasteiger partial charge < -0.3 is 9.84 Å². The first-order valence-electron chi connectivity index (χ1n) is 4.92. The van der Waals surface area contributed by atoms with E-state index in [1.165, 1.54) is 0 Å². The van der Waals surface area contributed by atoms with Crippen LogP contribution in [0, 0.1) is 0 Å². The van der Waals surface area contributed by atoms with Crippen LogP contribution in [0.3, 0.4) is 0 Å². The second-order valence-electron chi connectivity index (χ2n) is 3.76. The molecule has 0 saturated heterocycles. The molecule has 3 nitrogen and oxygen atoms in total. The van der Waals surface area contributed by atoms with Crippen LogP contribution in [0.2, 0.25) is 0 Å². The van der Waals surface area contributed by atoms with E-state index in [9.17, 15) is 4.79 Å². The van der Waals surface area contributed by atoms with Crippen molar-refractivity contribution in [3.63, 3.8) is 0 Å². The minimum Gasteiger partial charge on any atom is -0.478 e. The number of para-hydroxylation sites is 1. The van der Waals surface area contributed by atoms with E-state index in [-0.39, 0.29) is 5.92 Å². The number of carboxylic acids is 1. The average Bonchev–Trinajstić information content (AvgIpc) is 2.19. The van der Waals surface area contributed by atoms with Crippen LogP contribution < -0.4 is 4.74 Å². The van der Waals surface area contributed by atoms with Crippen molar-refractivity contribution in [2.24, 2.45) is 0 Å². The normalized spacial score (nSPS) is 19.1. The summed E-state index contributed by atoms with van der Waals surface area (Å²) in [6.07, 6.45) is 0. The van der Waals surface area contributed by atoms with E-state index in [2.05, 4.69) is 15.9 Å². The Balaban J connectivity index is 2.58. The van der Waals surface area contributed by atoms with Crippen molar-refractivity contribution in [2.45, 2.75) is 19.8 Å². The van der Waals surface area contributed by atoms with Crippen LogP contribution in [0.1, 0.15) is 25.3 Å². The molecule has 1 aromatic rings. The van der Waals surface area contributed by atoms with Crippen LogP contribution in [0.4, 0.5) is 0 Å². The summed E-state index contributed by atoms with van der Waals surface area (Å²) >= 11 is 3.40. The summed E-state index contributed by atoms with van der Waals surface area (Å²) in [6, 6.07) is 5.65. The fraction of sp³-hybridized carbons (Fsp3) is 0.250. The maximum Gasteiger partial charge on any atom is 0.335 e. The molecular weight excluding hydrogens is 272 g/mol. The van der Waals surface area contributed by atoms with E-state index in [1.807, 2.05) is 25.1 Å². The van der Waals surface area contributed by atoms with Crippen LogP contribution in [0.5, 0.6) is 5.75 Å². The number of fused-ring (bicyclic) bond motifs is 1. The fourth-order valence-electron chi connectivity index (χ4n) is 1.98. The number of carbonyl (C=O) groups is 1. The van der Waals surface area contributed by atoms with Crippen LogP contribution in [0.25, 0.3) is 0 Å². The molecular formula is C12H11BrO3. The molecule has 0 amide bonds. The van der Waals surface area contributed by atoms with Gasteiger partial charge in [-0.05, 0) is 28.9 Å². The van der Waals surface area contributed by atoms with E-state index in [1.54, 1.807) is 6.92 Å². The maximum absolute atomic E-state index is 11.1. The van der Waals surface area contributed by atoms with Crippen LogP contribution in [-0.4, -0.2) is 11.1 Å². The van der Waals surface area contributed by atoms with Crippen molar-refractivity contribution in [1.29, 1.82) is 0 Å². The van der Waals surface area contributed by atoms with Gasteiger partial charge in [0.05, 0.1) is 10.0 Å². The Morgan fingerprint density at radius 3 is 2.81 bits per heavy atom. The molecule has 1 unspecified atom stereocenters. The highest BCUT2D eigenvalue weighted by atomic mass is 79.9. The standard InChI is InChI=1S/C12H11BrO3/c1-6-8-4-3-5-9(13)11(8)16-7(2)10(6)12(14)15/h3-6H,1-2H3,(H,14,15). The molecule has 0 saturated carbocycles. The monoisotopic (exact) mass is 282 g/mol. The summed E-state index contributed by atoms with van der Waals surface area (Å²) in [6.45, 7) is 3.56. The fourth-order valence-corrected chi connectivity index (χ4v) is 2.44. The molecule has 1 aliphatic rings. The van der Waals surface area contributed by atoms with Crippen molar-refractivity contribution in [2.75, 3.05) is 0 Å². The predicted octanol–water partition coefficient (Wildman–Crippen LogP) is 3.30. The molecule has 1 atom stereocenters. The van der Waals surface area contributed by atoms with Gasteiger partial charge in [-0.25, -0.2) is 4.79 Å². The third kappa shape index (κ3) is 1.63. The third-order valence-electron chi connectivity index (χ3n) is 2.76. The van der Waals surface area contributed by atoms with Crippen molar-refractivity contribution >= 4 is 21.9 Å². The smallest absolute Gasteiger partial charge is 0.335 e. The average molecular weight is 283 g/mol. The number of allylic oxidation sites excluding steroid dienone is 1. The van der Waals surface area contributed by atoms with Gasteiger partial charge in [-0.15, -0.1) is 0 Å². The Bertz CT molecular complexity index is 491. The summed E-state index contributed by atoms with van der Waals surface area (Å²) < 4.78 is 6.41. The Morgan fingerprint density at radius 1 is 1.50 bits per heavy atom. The lowest BCUT2D eigenvalue weighted by molar-refractivity contribution is -0.133. The quantitative estimate of drug-likeness (QED) is 0.860. The van der Waals surface area contributed by atoms with Crippen molar-refractivity contribution in [3.8, 4) is 5.75 Å². The predicted molar refractivity (Wildman–Crippen MR) is 63.5 cm³/mol. The van der Waals surface area contributed by atoms with Gasteiger partial charge in [-0.3, -0.25) is 0 Å². The molecule has 4 heteroatoms. The topological polar surface area (TPSA) is 46.5 Å². The number of aliphatic carboxylic acids is 1. The lowest BCUT2D eigenvalue weighted by Crippen LogP contribution is -2.18. The van der Waals surface area contributed by atoms with Crippen molar-refractivity contribution in [3.05, 3.63) is 39.6 Å². The molecule has 1 N–H and O–H groups in total. The van der Waals surface area contributed by atoms with Crippen LogP contribution in [0.15, 0.2) is 34.0 Å². The zero-order valence-corrected chi connectivity index (χ0v) is 10.5. The number of benzene rings is 1. The van der Waals surface area contributed by atoms with Gasteiger partial charge in [0.25, 0.3) is 0 Å². The molecule has 1 heterocycles. The first kappa shape index (κ1) is 11.2. The molecule has 0 aliphatic carbocycles. The molecule has 0 spiro atoms. The second kappa shape index (κ2) is 3.94. The lowest BCUT2D eigenvalue weighted by Gasteiger charge is -2.25. The highest BCUT2D eigenvalue weighted by Gasteiger charge is 2.29. The van der Waals surface area contributed by atoms with Gasteiger partial charge in [0, 0.05) is 11.5 Å². The summed E-state index contributed by atoms with van der Waals surface area (Å²) in [7, 11) is 0. The summed E-state index contributed by atoms with van der Waals surface area (Å²) in [5, 5.41) is 9.12. The Kier molecular flexibility index (Phi) is 2.76. The lowest BCUT2D eigenvalue weighted by atomic mass is 9.89. The Morgan fingerprint density at radius 2 is 2.19 bits per heavy atom. The van der Waals surface area contributed by atoms with E-state index >= 15 is 0 Å². The third-order valence-corrected chi connectivity index (χ3v) is 3.39. The van der Waals surface area contributed by atoms with E-state index in [4.69, 9.17) is 9.84 Å². The minimum absolute atomic E-state index is 0.154. The number of carboxylic acid groups (broad SMARTS) is 1. The van der Waals surface area contributed by atoms with Gasteiger partial charge in [-0.1, -0.05) is 19.1 Å². The molecule has 84 valence electrons. The van der Waals surface area contributed by atoms with Gasteiger partial charge in [0.1, 0.15) is 11.5 Å². The summed E-state index contributed by atoms with van der Waals surface area (Å²) in [4.78, 5) is 11.1. The SMILES string of the molecule is CC1=C(C(=O)O)C(C)c2cccc(Br)c2O1. The Labute approximate surface area is 102 Å². The van der Waals surface area contributed by atoms with E-state index in [0.29, 0.717) is 11.3 Å². The molecule has 16 heavy (non-hydrogen) atoms. The molecule has 1 aromatic carbocycles. The second-order valence-corrected chi connectivity index (χ2v) is 4.61. The zero-order chi connectivity index (χ0) is 11.9. The van der Waals surface area contributed by atoms with E-state index in [0.717, 1.165) is 15.8 Å². The number of halogens is 1. The largest absolute Gasteiger partial charge is 0.478 e. The first-order chi connectivity index (χ1) is 7.52. The molecule has 1 aliphatic heterocycles. The first-order valence-corrected chi connectivity index (χ1v) is 5.72. The summed E-state index contributed by atoms with van der Waals surface area (Å²) in [5.74, 6) is 0.103. The van der Waals surface area contributed by atoms with Crippen LogP contribution in [-0.2, 0) is 4.79 Å². The number of ether oxygens (including phenoxy) is 1. The van der Waals surface area contributed by atoms with Crippen molar-refractivity contribution in [1.82, 2.24) is 0 Å². The van der Waals surface area contributed by atoms with Gasteiger partial charge in [0.15, 0.2) is 0 Å². The summed E-state index contributed by atoms with van der Waals surface area (Å²) in [5.41, 5.74) is 1.22. The van der Waals surface area contributed by atoms with Gasteiger partial charge in [-0.2, -0.15) is 0 Å².